The number of ether oxygens (including phenoxy) is 1. The molecule has 6 nitrogen and oxygen atoms in total. The van der Waals surface area contributed by atoms with Crippen LogP contribution in [-0.4, -0.2) is 36.6 Å². The predicted octanol–water partition coefficient (Wildman–Crippen LogP) is 0.960. The van der Waals surface area contributed by atoms with Crippen LogP contribution < -0.4 is 10.6 Å². The van der Waals surface area contributed by atoms with Gasteiger partial charge in [-0.25, -0.2) is 9.78 Å². The Morgan fingerprint density at radius 3 is 2.75 bits per heavy atom. The number of carbonyl (C=O) groups is 2. The summed E-state index contributed by atoms with van der Waals surface area (Å²) in [7, 11) is 0. The largest absolute Gasteiger partial charge is 0.462 e. The molecular formula is C14H19N3O3. The molecule has 1 aliphatic rings. The van der Waals surface area contributed by atoms with Crippen molar-refractivity contribution in [2.45, 2.75) is 20.3 Å². The van der Waals surface area contributed by atoms with Crippen LogP contribution in [0.5, 0.6) is 0 Å². The molecule has 1 saturated heterocycles. The van der Waals surface area contributed by atoms with E-state index in [9.17, 15) is 9.59 Å². The first-order chi connectivity index (χ1) is 9.46. The van der Waals surface area contributed by atoms with Gasteiger partial charge in [-0.2, -0.15) is 0 Å². The zero-order valence-electron chi connectivity index (χ0n) is 11.8. The van der Waals surface area contributed by atoms with Crippen LogP contribution in [0.2, 0.25) is 0 Å². The van der Waals surface area contributed by atoms with E-state index in [4.69, 9.17) is 10.5 Å². The molecule has 1 atom stereocenters. The Balaban J connectivity index is 2.08. The molecule has 1 aromatic rings. The number of anilines is 1. The van der Waals surface area contributed by atoms with Crippen molar-refractivity contribution in [1.29, 1.82) is 0 Å². The number of hydrogen-bond donors (Lipinski definition) is 1. The minimum atomic E-state index is -0.512. The topological polar surface area (TPSA) is 85.5 Å². The number of primary amides is 1. The Morgan fingerprint density at radius 2 is 2.25 bits per heavy atom. The molecule has 0 spiro atoms. The van der Waals surface area contributed by atoms with E-state index in [2.05, 4.69) is 4.98 Å². The van der Waals surface area contributed by atoms with E-state index < -0.39 is 5.41 Å². The molecule has 0 aliphatic carbocycles. The van der Waals surface area contributed by atoms with Gasteiger partial charge in [0.05, 0.1) is 17.6 Å². The van der Waals surface area contributed by atoms with Crippen LogP contribution >= 0.6 is 0 Å². The van der Waals surface area contributed by atoms with Crippen LogP contribution in [0, 0.1) is 5.41 Å². The van der Waals surface area contributed by atoms with Crippen molar-refractivity contribution in [1.82, 2.24) is 4.98 Å². The van der Waals surface area contributed by atoms with Gasteiger partial charge >= 0.3 is 5.97 Å². The average molecular weight is 277 g/mol. The molecule has 1 aromatic heterocycles. The van der Waals surface area contributed by atoms with Crippen molar-refractivity contribution in [3.8, 4) is 0 Å². The molecule has 0 aromatic carbocycles. The summed E-state index contributed by atoms with van der Waals surface area (Å²) in [6.45, 7) is 5.24. The van der Waals surface area contributed by atoms with Crippen LogP contribution in [0.1, 0.15) is 30.6 Å². The standard InChI is InChI=1S/C14H19N3O3/c1-3-20-12(18)10-4-5-11(16-8-10)17-7-6-14(2,9-17)13(15)19/h4-5,8H,3,6-7,9H2,1-2H3,(H2,15,19). The summed E-state index contributed by atoms with van der Waals surface area (Å²) in [6, 6.07) is 3.44. The maximum absolute atomic E-state index is 11.5. The maximum Gasteiger partial charge on any atom is 0.339 e. The number of rotatable bonds is 4. The second-order valence-electron chi connectivity index (χ2n) is 5.22. The number of aromatic nitrogens is 1. The van der Waals surface area contributed by atoms with E-state index in [0.717, 1.165) is 12.4 Å². The number of nitrogens with zero attached hydrogens (tertiary/aromatic N) is 2. The number of hydrogen-bond acceptors (Lipinski definition) is 5. The lowest BCUT2D eigenvalue weighted by atomic mass is 9.89. The second-order valence-corrected chi connectivity index (χ2v) is 5.22. The Labute approximate surface area is 117 Å². The van der Waals surface area contributed by atoms with Gasteiger partial charge in [0.25, 0.3) is 0 Å². The normalized spacial score (nSPS) is 21.8. The molecule has 2 N–H and O–H groups in total. The molecule has 1 unspecified atom stereocenters. The fourth-order valence-corrected chi connectivity index (χ4v) is 2.27. The number of carbonyl (C=O) groups excluding carboxylic acids is 2. The van der Waals surface area contributed by atoms with E-state index in [0.29, 0.717) is 25.1 Å². The zero-order valence-corrected chi connectivity index (χ0v) is 11.8. The average Bonchev–Trinajstić information content (AvgIpc) is 2.83. The first-order valence-corrected chi connectivity index (χ1v) is 6.64. The molecule has 0 bridgehead atoms. The Bertz CT molecular complexity index is 515. The number of pyridine rings is 1. The van der Waals surface area contributed by atoms with E-state index >= 15 is 0 Å². The Morgan fingerprint density at radius 1 is 1.50 bits per heavy atom. The number of amides is 1. The number of esters is 1. The van der Waals surface area contributed by atoms with Gasteiger partial charge in [0.15, 0.2) is 0 Å². The summed E-state index contributed by atoms with van der Waals surface area (Å²) in [5, 5.41) is 0. The molecular weight excluding hydrogens is 258 g/mol. The fourth-order valence-electron chi connectivity index (χ4n) is 2.27. The smallest absolute Gasteiger partial charge is 0.339 e. The third-order valence-electron chi connectivity index (χ3n) is 3.65. The second kappa shape index (κ2) is 5.48. The summed E-state index contributed by atoms with van der Waals surface area (Å²) < 4.78 is 4.90. The monoisotopic (exact) mass is 277 g/mol. The quantitative estimate of drug-likeness (QED) is 0.828. The van der Waals surface area contributed by atoms with E-state index in [1.165, 1.54) is 6.20 Å². The summed E-state index contributed by atoms with van der Waals surface area (Å²) in [5.74, 6) is 0.0705. The molecule has 1 fully saturated rings. The highest BCUT2D eigenvalue weighted by Gasteiger charge is 2.39. The lowest BCUT2D eigenvalue weighted by molar-refractivity contribution is -0.125. The molecule has 1 amide bonds. The molecule has 20 heavy (non-hydrogen) atoms. The molecule has 2 heterocycles. The zero-order chi connectivity index (χ0) is 14.8. The van der Waals surface area contributed by atoms with Crippen LogP contribution in [0.3, 0.4) is 0 Å². The summed E-state index contributed by atoms with van der Waals surface area (Å²) in [6.07, 6.45) is 2.21. The van der Waals surface area contributed by atoms with Crippen LogP contribution in [0.4, 0.5) is 5.82 Å². The minimum absolute atomic E-state index is 0.289. The van der Waals surface area contributed by atoms with Gasteiger partial charge in [-0.3, -0.25) is 4.79 Å². The van der Waals surface area contributed by atoms with Crippen molar-refractivity contribution in [2.75, 3.05) is 24.6 Å². The lowest BCUT2D eigenvalue weighted by Crippen LogP contribution is -2.37. The molecule has 2 rings (SSSR count). The van der Waals surface area contributed by atoms with Crippen molar-refractivity contribution in [3.05, 3.63) is 23.9 Å². The van der Waals surface area contributed by atoms with Gasteiger partial charge in [0.1, 0.15) is 5.82 Å². The third kappa shape index (κ3) is 2.74. The SMILES string of the molecule is CCOC(=O)c1ccc(N2CCC(C)(C(N)=O)C2)nc1. The van der Waals surface area contributed by atoms with Crippen molar-refractivity contribution in [3.63, 3.8) is 0 Å². The molecule has 0 saturated carbocycles. The third-order valence-corrected chi connectivity index (χ3v) is 3.65. The molecule has 0 radical (unpaired) electrons. The van der Waals surface area contributed by atoms with Gasteiger partial charge in [-0.05, 0) is 32.4 Å². The highest BCUT2D eigenvalue weighted by molar-refractivity contribution is 5.89. The van der Waals surface area contributed by atoms with Gasteiger partial charge < -0.3 is 15.4 Å². The highest BCUT2D eigenvalue weighted by atomic mass is 16.5. The van der Waals surface area contributed by atoms with Gasteiger partial charge in [0.2, 0.25) is 5.91 Å². The van der Waals surface area contributed by atoms with Crippen LogP contribution in [0.25, 0.3) is 0 Å². The van der Waals surface area contributed by atoms with Gasteiger partial charge in [0, 0.05) is 19.3 Å². The highest BCUT2D eigenvalue weighted by Crippen LogP contribution is 2.31. The van der Waals surface area contributed by atoms with Crippen molar-refractivity contribution < 1.29 is 14.3 Å². The van der Waals surface area contributed by atoms with Crippen molar-refractivity contribution in [2.24, 2.45) is 11.1 Å². The van der Waals surface area contributed by atoms with E-state index in [-0.39, 0.29) is 11.9 Å². The van der Waals surface area contributed by atoms with E-state index in [1.54, 1.807) is 19.1 Å². The Hall–Kier alpha value is -2.11. The van der Waals surface area contributed by atoms with Crippen LogP contribution in [0.15, 0.2) is 18.3 Å². The molecule has 108 valence electrons. The summed E-state index contributed by atoms with van der Waals surface area (Å²) in [5.41, 5.74) is 5.33. The van der Waals surface area contributed by atoms with Crippen molar-refractivity contribution >= 4 is 17.7 Å². The maximum atomic E-state index is 11.5. The predicted molar refractivity (Wildman–Crippen MR) is 74.3 cm³/mol. The molecule has 6 heteroatoms. The first-order valence-electron chi connectivity index (χ1n) is 6.64. The summed E-state index contributed by atoms with van der Waals surface area (Å²) >= 11 is 0. The molecule has 1 aliphatic heterocycles. The first kappa shape index (κ1) is 14.3. The number of nitrogens with two attached hydrogens (primary N) is 1. The van der Waals surface area contributed by atoms with Gasteiger partial charge in [-0.15, -0.1) is 0 Å². The fraction of sp³-hybridized carbons (Fsp3) is 0.500. The summed E-state index contributed by atoms with van der Waals surface area (Å²) in [4.78, 5) is 29.2. The Kier molecular flexibility index (Phi) is 3.92. The van der Waals surface area contributed by atoms with Gasteiger partial charge in [-0.1, -0.05) is 0 Å². The van der Waals surface area contributed by atoms with E-state index in [1.807, 2.05) is 11.8 Å². The minimum Gasteiger partial charge on any atom is -0.462 e. The lowest BCUT2D eigenvalue weighted by Gasteiger charge is -2.21. The van der Waals surface area contributed by atoms with Crippen LogP contribution in [-0.2, 0) is 9.53 Å².